The summed E-state index contributed by atoms with van der Waals surface area (Å²) in [4.78, 5) is 0. The van der Waals surface area contributed by atoms with Crippen LogP contribution in [0.15, 0.2) is 12.1 Å². The van der Waals surface area contributed by atoms with Gasteiger partial charge < -0.3 is 14.6 Å². The number of hydrogen-bond acceptors (Lipinski definition) is 4. The van der Waals surface area contributed by atoms with E-state index in [1.807, 2.05) is 23.9 Å². The zero-order valence-electron chi connectivity index (χ0n) is 9.53. The molecule has 0 bridgehead atoms. The van der Waals surface area contributed by atoms with Crippen LogP contribution in [0.3, 0.4) is 0 Å². The Labute approximate surface area is 99.8 Å². The fraction of sp³-hybridized carbons (Fsp3) is 0.500. The van der Waals surface area contributed by atoms with Crippen LogP contribution in [-0.2, 0) is 5.75 Å². The SMILES string of the molecule is COc1ccc(OC)c2c1CSCC[C@@H]2O. The number of thioether (sulfide) groups is 1. The molecule has 1 aliphatic heterocycles. The summed E-state index contributed by atoms with van der Waals surface area (Å²) in [6, 6.07) is 3.76. The molecule has 0 amide bonds. The third-order valence-electron chi connectivity index (χ3n) is 2.83. The van der Waals surface area contributed by atoms with Crippen LogP contribution in [0.4, 0.5) is 0 Å². The van der Waals surface area contributed by atoms with Crippen LogP contribution in [0, 0.1) is 0 Å². The number of methoxy groups -OCH3 is 2. The van der Waals surface area contributed by atoms with Gasteiger partial charge in [-0.05, 0) is 24.3 Å². The maximum Gasteiger partial charge on any atom is 0.125 e. The molecule has 1 aromatic carbocycles. The second-order valence-electron chi connectivity index (χ2n) is 3.72. The van der Waals surface area contributed by atoms with Gasteiger partial charge >= 0.3 is 0 Å². The van der Waals surface area contributed by atoms with Gasteiger partial charge in [-0.2, -0.15) is 11.8 Å². The summed E-state index contributed by atoms with van der Waals surface area (Å²) in [6.07, 6.45) is 0.316. The highest BCUT2D eigenvalue weighted by atomic mass is 32.2. The van der Waals surface area contributed by atoms with Crippen LogP contribution in [0.5, 0.6) is 11.5 Å². The number of ether oxygens (including phenoxy) is 2. The summed E-state index contributed by atoms with van der Waals surface area (Å²) in [5, 5.41) is 10.1. The Hall–Kier alpha value is -0.870. The first-order valence-corrected chi connectivity index (χ1v) is 6.43. The van der Waals surface area contributed by atoms with Gasteiger partial charge in [0, 0.05) is 16.9 Å². The van der Waals surface area contributed by atoms with Gasteiger partial charge in [-0.15, -0.1) is 0 Å². The maximum absolute atomic E-state index is 10.1. The molecule has 2 rings (SSSR count). The van der Waals surface area contributed by atoms with E-state index in [9.17, 15) is 5.11 Å². The van der Waals surface area contributed by atoms with E-state index in [2.05, 4.69) is 0 Å². The molecule has 4 heteroatoms. The van der Waals surface area contributed by atoms with E-state index in [1.165, 1.54) is 0 Å². The lowest BCUT2D eigenvalue weighted by Crippen LogP contribution is -2.04. The van der Waals surface area contributed by atoms with Crippen molar-refractivity contribution >= 4 is 11.8 Å². The molecule has 88 valence electrons. The lowest BCUT2D eigenvalue weighted by Gasteiger charge is -2.18. The molecule has 1 heterocycles. The lowest BCUT2D eigenvalue weighted by molar-refractivity contribution is 0.170. The van der Waals surface area contributed by atoms with Crippen molar-refractivity contribution in [3.05, 3.63) is 23.3 Å². The zero-order chi connectivity index (χ0) is 11.5. The molecule has 1 aromatic rings. The summed E-state index contributed by atoms with van der Waals surface area (Å²) < 4.78 is 10.6. The first-order chi connectivity index (χ1) is 7.77. The number of aliphatic hydroxyl groups excluding tert-OH is 1. The molecule has 0 radical (unpaired) electrons. The largest absolute Gasteiger partial charge is 0.496 e. The van der Waals surface area contributed by atoms with Crippen molar-refractivity contribution < 1.29 is 14.6 Å². The Bertz CT molecular complexity index is 379. The monoisotopic (exact) mass is 240 g/mol. The Kier molecular flexibility index (Phi) is 3.61. The van der Waals surface area contributed by atoms with Crippen LogP contribution in [0.2, 0.25) is 0 Å². The van der Waals surface area contributed by atoms with Gasteiger partial charge in [-0.3, -0.25) is 0 Å². The number of rotatable bonds is 2. The molecule has 0 spiro atoms. The summed E-state index contributed by atoms with van der Waals surface area (Å²) in [6.45, 7) is 0. The average Bonchev–Trinajstić information content (AvgIpc) is 2.51. The molecule has 1 N–H and O–H groups in total. The zero-order valence-corrected chi connectivity index (χ0v) is 10.3. The van der Waals surface area contributed by atoms with Crippen LogP contribution in [0.1, 0.15) is 23.7 Å². The highest BCUT2D eigenvalue weighted by molar-refractivity contribution is 7.98. The smallest absolute Gasteiger partial charge is 0.125 e. The number of benzene rings is 1. The summed E-state index contributed by atoms with van der Waals surface area (Å²) in [7, 11) is 3.29. The summed E-state index contributed by atoms with van der Waals surface area (Å²) >= 11 is 1.82. The fourth-order valence-electron chi connectivity index (χ4n) is 2.02. The van der Waals surface area contributed by atoms with E-state index >= 15 is 0 Å². The molecule has 0 unspecified atom stereocenters. The third kappa shape index (κ3) is 1.99. The Balaban J connectivity index is 2.56. The Morgan fingerprint density at radius 3 is 2.62 bits per heavy atom. The Morgan fingerprint density at radius 1 is 1.25 bits per heavy atom. The van der Waals surface area contributed by atoms with Gasteiger partial charge in [0.05, 0.1) is 20.3 Å². The fourth-order valence-corrected chi connectivity index (χ4v) is 3.06. The van der Waals surface area contributed by atoms with Gasteiger partial charge in [0.25, 0.3) is 0 Å². The maximum atomic E-state index is 10.1. The van der Waals surface area contributed by atoms with E-state index in [4.69, 9.17) is 9.47 Å². The second-order valence-corrected chi connectivity index (χ2v) is 4.82. The molecule has 0 saturated carbocycles. The number of aliphatic hydroxyl groups is 1. The van der Waals surface area contributed by atoms with E-state index in [0.717, 1.165) is 40.6 Å². The van der Waals surface area contributed by atoms with Crippen molar-refractivity contribution in [3.8, 4) is 11.5 Å². The minimum atomic E-state index is -0.449. The quantitative estimate of drug-likeness (QED) is 0.861. The van der Waals surface area contributed by atoms with Gasteiger partial charge in [0.2, 0.25) is 0 Å². The van der Waals surface area contributed by atoms with Crippen molar-refractivity contribution in [2.45, 2.75) is 18.3 Å². The molecule has 0 fully saturated rings. The minimum absolute atomic E-state index is 0.449. The van der Waals surface area contributed by atoms with Crippen molar-refractivity contribution in [1.82, 2.24) is 0 Å². The van der Waals surface area contributed by atoms with Crippen molar-refractivity contribution in [2.75, 3.05) is 20.0 Å². The molecule has 0 aromatic heterocycles. The second kappa shape index (κ2) is 4.97. The topological polar surface area (TPSA) is 38.7 Å². The molecule has 0 aliphatic carbocycles. The summed E-state index contributed by atoms with van der Waals surface area (Å²) in [5.74, 6) is 3.42. The van der Waals surface area contributed by atoms with Gasteiger partial charge in [-0.1, -0.05) is 0 Å². The molecule has 16 heavy (non-hydrogen) atoms. The van der Waals surface area contributed by atoms with Crippen molar-refractivity contribution in [3.63, 3.8) is 0 Å². The van der Waals surface area contributed by atoms with Crippen LogP contribution in [0.25, 0.3) is 0 Å². The third-order valence-corrected chi connectivity index (χ3v) is 3.85. The summed E-state index contributed by atoms with van der Waals surface area (Å²) in [5.41, 5.74) is 1.96. The van der Waals surface area contributed by atoms with Crippen molar-refractivity contribution in [1.29, 1.82) is 0 Å². The van der Waals surface area contributed by atoms with E-state index in [-0.39, 0.29) is 0 Å². The molecular weight excluding hydrogens is 224 g/mol. The molecule has 3 nitrogen and oxygen atoms in total. The number of fused-ring (bicyclic) bond motifs is 1. The minimum Gasteiger partial charge on any atom is -0.496 e. The van der Waals surface area contributed by atoms with E-state index in [0.29, 0.717) is 0 Å². The van der Waals surface area contributed by atoms with Crippen LogP contribution < -0.4 is 9.47 Å². The van der Waals surface area contributed by atoms with Crippen LogP contribution >= 0.6 is 11.8 Å². The first-order valence-electron chi connectivity index (χ1n) is 5.27. The van der Waals surface area contributed by atoms with Crippen molar-refractivity contribution in [2.24, 2.45) is 0 Å². The number of hydrogen-bond donors (Lipinski definition) is 1. The van der Waals surface area contributed by atoms with E-state index in [1.54, 1.807) is 14.2 Å². The van der Waals surface area contributed by atoms with Gasteiger partial charge in [0.1, 0.15) is 11.5 Å². The molecule has 1 atom stereocenters. The van der Waals surface area contributed by atoms with Gasteiger partial charge in [0.15, 0.2) is 0 Å². The molecule has 1 aliphatic rings. The highest BCUT2D eigenvalue weighted by Crippen LogP contribution is 2.41. The highest BCUT2D eigenvalue weighted by Gasteiger charge is 2.23. The first kappa shape index (κ1) is 11.6. The molecular formula is C12H16O3S. The normalized spacial score (nSPS) is 19.8. The van der Waals surface area contributed by atoms with Crippen LogP contribution in [-0.4, -0.2) is 25.1 Å². The van der Waals surface area contributed by atoms with E-state index < -0.39 is 6.10 Å². The average molecular weight is 240 g/mol. The predicted molar refractivity (Wildman–Crippen MR) is 65.3 cm³/mol. The predicted octanol–water partition coefficient (Wildman–Crippen LogP) is 2.37. The lowest BCUT2D eigenvalue weighted by atomic mass is 9.99. The Morgan fingerprint density at radius 2 is 1.94 bits per heavy atom. The standard InChI is InChI=1S/C12H16O3S/c1-14-10-3-4-11(15-2)12-8(10)7-16-6-5-9(12)13/h3-4,9,13H,5-7H2,1-2H3/t9-/m0/s1. The van der Waals surface area contributed by atoms with Gasteiger partial charge in [-0.25, -0.2) is 0 Å². The molecule has 0 saturated heterocycles.